The van der Waals surface area contributed by atoms with Gasteiger partial charge in [0, 0.05) is 51.4 Å². The minimum absolute atomic E-state index is 0.131. The summed E-state index contributed by atoms with van der Waals surface area (Å²) >= 11 is 0. The lowest BCUT2D eigenvalue weighted by atomic mass is 10.1. The fraction of sp³-hybridized carbons (Fsp3) is 0.636. The average molecular weight is 387 g/mol. The molecule has 1 aromatic carbocycles. The van der Waals surface area contributed by atoms with E-state index in [1.54, 1.807) is 0 Å². The van der Waals surface area contributed by atoms with Crippen molar-refractivity contribution in [3.8, 4) is 0 Å². The first-order valence-electron chi connectivity index (χ1n) is 10.4. The Hall–Kier alpha value is -2.08. The van der Waals surface area contributed by atoms with Crippen LogP contribution in [0.1, 0.15) is 24.0 Å². The van der Waals surface area contributed by atoms with E-state index in [2.05, 4.69) is 41.8 Å². The number of carbonyl (C=O) groups is 2. The van der Waals surface area contributed by atoms with Gasteiger partial charge < -0.3 is 19.6 Å². The Labute approximate surface area is 169 Å². The molecule has 28 heavy (non-hydrogen) atoms. The zero-order valence-electron chi connectivity index (χ0n) is 17.8. The van der Waals surface area contributed by atoms with Crippen LogP contribution in [-0.4, -0.2) is 86.4 Å². The van der Waals surface area contributed by atoms with Crippen LogP contribution in [0.2, 0.25) is 0 Å². The number of benzene rings is 1. The number of rotatable bonds is 6. The van der Waals surface area contributed by atoms with E-state index in [4.69, 9.17) is 0 Å². The molecule has 0 bridgehead atoms. The normalized spacial score (nSPS) is 20.4. The Kier molecular flexibility index (Phi) is 6.60. The van der Waals surface area contributed by atoms with E-state index in [0.29, 0.717) is 13.0 Å². The molecule has 0 spiro atoms. The van der Waals surface area contributed by atoms with Crippen molar-refractivity contribution in [3.63, 3.8) is 0 Å². The highest BCUT2D eigenvalue weighted by molar-refractivity contribution is 5.89. The Morgan fingerprint density at radius 3 is 2.54 bits per heavy atom. The second-order valence-corrected chi connectivity index (χ2v) is 8.43. The molecule has 154 valence electrons. The smallest absolute Gasteiger partial charge is 0.228 e. The van der Waals surface area contributed by atoms with E-state index >= 15 is 0 Å². The number of hydrogen-bond donors (Lipinski definition) is 0. The second kappa shape index (κ2) is 8.95. The van der Waals surface area contributed by atoms with E-state index in [1.807, 2.05) is 23.9 Å². The molecule has 0 saturated carbocycles. The van der Waals surface area contributed by atoms with Crippen molar-refractivity contribution in [1.29, 1.82) is 0 Å². The van der Waals surface area contributed by atoms with Crippen LogP contribution in [0, 0.1) is 19.8 Å². The minimum Gasteiger partial charge on any atom is -0.368 e. The number of anilines is 1. The summed E-state index contributed by atoms with van der Waals surface area (Å²) < 4.78 is 0. The molecule has 3 rings (SSSR count). The van der Waals surface area contributed by atoms with Crippen LogP contribution in [0.5, 0.6) is 0 Å². The van der Waals surface area contributed by atoms with E-state index in [-0.39, 0.29) is 17.7 Å². The second-order valence-electron chi connectivity index (χ2n) is 8.43. The fourth-order valence-corrected chi connectivity index (χ4v) is 4.24. The summed E-state index contributed by atoms with van der Waals surface area (Å²) in [5, 5.41) is 0. The Balaban J connectivity index is 1.51. The summed E-state index contributed by atoms with van der Waals surface area (Å²) in [4.78, 5) is 33.6. The summed E-state index contributed by atoms with van der Waals surface area (Å²) in [6.45, 7) is 9.77. The molecule has 2 heterocycles. The first-order chi connectivity index (χ1) is 13.4. The molecule has 0 N–H and O–H groups in total. The Morgan fingerprint density at radius 2 is 1.86 bits per heavy atom. The van der Waals surface area contributed by atoms with Crippen molar-refractivity contribution in [1.82, 2.24) is 14.7 Å². The van der Waals surface area contributed by atoms with Crippen LogP contribution in [-0.2, 0) is 9.59 Å². The maximum absolute atomic E-state index is 13.0. The largest absolute Gasteiger partial charge is 0.368 e. The Morgan fingerprint density at radius 1 is 1.14 bits per heavy atom. The van der Waals surface area contributed by atoms with Gasteiger partial charge in [-0.1, -0.05) is 12.1 Å². The molecule has 2 fully saturated rings. The molecule has 2 amide bonds. The third-order valence-electron chi connectivity index (χ3n) is 6.11. The number of amides is 2. The highest BCUT2D eigenvalue weighted by Crippen LogP contribution is 2.25. The van der Waals surface area contributed by atoms with Crippen molar-refractivity contribution < 1.29 is 9.59 Å². The van der Waals surface area contributed by atoms with Gasteiger partial charge in [-0.3, -0.25) is 9.59 Å². The molecule has 6 nitrogen and oxygen atoms in total. The number of hydrogen-bond acceptors (Lipinski definition) is 4. The number of carbonyl (C=O) groups excluding carboxylic acids is 2. The van der Waals surface area contributed by atoms with Gasteiger partial charge in [-0.2, -0.15) is 0 Å². The van der Waals surface area contributed by atoms with Gasteiger partial charge in [-0.05, 0) is 58.1 Å². The summed E-state index contributed by atoms with van der Waals surface area (Å²) in [6, 6.07) is 6.41. The van der Waals surface area contributed by atoms with Crippen LogP contribution in [0.3, 0.4) is 0 Å². The highest BCUT2D eigenvalue weighted by atomic mass is 16.2. The lowest BCUT2D eigenvalue weighted by molar-refractivity contribution is -0.136. The van der Waals surface area contributed by atoms with Gasteiger partial charge in [0.25, 0.3) is 0 Å². The molecule has 2 saturated heterocycles. The minimum atomic E-state index is -0.167. The molecule has 0 radical (unpaired) electrons. The van der Waals surface area contributed by atoms with Gasteiger partial charge in [-0.25, -0.2) is 0 Å². The summed E-state index contributed by atoms with van der Waals surface area (Å²) in [5.74, 6) is 0.120. The van der Waals surface area contributed by atoms with E-state index in [9.17, 15) is 9.59 Å². The van der Waals surface area contributed by atoms with Gasteiger partial charge in [0.15, 0.2) is 0 Å². The van der Waals surface area contributed by atoms with Crippen LogP contribution >= 0.6 is 0 Å². The summed E-state index contributed by atoms with van der Waals surface area (Å²) in [5.41, 5.74) is 3.89. The molecule has 6 heteroatoms. The van der Waals surface area contributed by atoms with Gasteiger partial charge in [0.05, 0.1) is 5.92 Å². The maximum Gasteiger partial charge on any atom is 0.228 e. The van der Waals surface area contributed by atoms with Crippen molar-refractivity contribution in [2.24, 2.45) is 5.92 Å². The SMILES string of the molecule is Cc1cccc(N2CCN(C(=O)C3CC(=O)N(CCCN(C)C)C3)CC2)c1C. The monoisotopic (exact) mass is 386 g/mol. The average Bonchev–Trinajstić information content (AvgIpc) is 3.04. The molecule has 2 aliphatic rings. The van der Waals surface area contributed by atoms with Gasteiger partial charge in [-0.15, -0.1) is 0 Å². The van der Waals surface area contributed by atoms with E-state index in [1.165, 1.54) is 16.8 Å². The summed E-state index contributed by atoms with van der Waals surface area (Å²) in [6.07, 6.45) is 1.33. The third-order valence-corrected chi connectivity index (χ3v) is 6.11. The molecule has 0 aromatic heterocycles. The van der Waals surface area contributed by atoms with Gasteiger partial charge in [0.1, 0.15) is 0 Å². The van der Waals surface area contributed by atoms with Crippen LogP contribution in [0.25, 0.3) is 0 Å². The molecule has 1 unspecified atom stereocenters. The first kappa shape index (κ1) is 20.6. The predicted octanol–water partition coefficient (Wildman–Crippen LogP) is 1.75. The highest BCUT2D eigenvalue weighted by Gasteiger charge is 2.37. The molecular formula is C22H34N4O2. The maximum atomic E-state index is 13.0. The van der Waals surface area contributed by atoms with E-state index < -0.39 is 0 Å². The molecular weight excluding hydrogens is 352 g/mol. The fourth-order valence-electron chi connectivity index (χ4n) is 4.24. The number of piperazine rings is 1. The Bertz CT molecular complexity index is 710. The number of nitrogens with zero attached hydrogens (tertiary/aromatic N) is 4. The molecule has 1 aromatic rings. The van der Waals surface area contributed by atoms with Crippen LogP contribution in [0.15, 0.2) is 18.2 Å². The molecule has 1 atom stereocenters. The van der Waals surface area contributed by atoms with Crippen molar-refractivity contribution in [2.45, 2.75) is 26.7 Å². The summed E-state index contributed by atoms with van der Waals surface area (Å²) in [7, 11) is 4.08. The van der Waals surface area contributed by atoms with Crippen molar-refractivity contribution >= 4 is 17.5 Å². The molecule has 2 aliphatic heterocycles. The lowest BCUT2D eigenvalue weighted by Gasteiger charge is -2.38. The lowest BCUT2D eigenvalue weighted by Crippen LogP contribution is -2.51. The number of aryl methyl sites for hydroxylation is 1. The zero-order chi connectivity index (χ0) is 20.3. The predicted molar refractivity (Wildman–Crippen MR) is 113 cm³/mol. The molecule has 0 aliphatic carbocycles. The number of likely N-dealkylation sites (tertiary alicyclic amines) is 1. The van der Waals surface area contributed by atoms with Gasteiger partial charge in [0.2, 0.25) is 11.8 Å². The van der Waals surface area contributed by atoms with Crippen LogP contribution < -0.4 is 4.90 Å². The van der Waals surface area contributed by atoms with Crippen molar-refractivity contribution in [2.75, 3.05) is 64.8 Å². The van der Waals surface area contributed by atoms with Gasteiger partial charge >= 0.3 is 0 Å². The van der Waals surface area contributed by atoms with Crippen LogP contribution in [0.4, 0.5) is 5.69 Å². The third kappa shape index (κ3) is 4.66. The zero-order valence-corrected chi connectivity index (χ0v) is 17.8. The first-order valence-corrected chi connectivity index (χ1v) is 10.4. The topological polar surface area (TPSA) is 47.1 Å². The standard InChI is InChI=1S/C22H34N4O2/c1-17-7-5-8-20(18(17)2)24-11-13-25(14-12-24)22(28)19-15-21(27)26(16-19)10-6-9-23(3)4/h5,7-8,19H,6,9-16H2,1-4H3. The van der Waals surface area contributed by atoms with E-state index in [0.717, 1.165) is 45.7 Å². The quantitative estimate of drug-likeness (QED) is 0.747. The van der Waals surface area contributed by atoms with Crippen molar-refractivity contribution in [3.05, 3.63) is 29.3 Å².